The molecule has 0 bridgehead atoms. The van der Waals surface area contributed by atoms with Crippen molar-refractivity contribution in [2.24, 2.45) is 0 Å². The average molecular weight is 259 g/mol. The van der Waals surface area contributed by atoms with Gasteiger partial charge in [-0.1, -0.05) is 12.1 Å². The minimum Gasteiger partial charge on any atom is -0.490 e. The van der Waals surface area contributed by atoms with E-state index in [9.17, 15) is 0 Å². The van der Waals surface area contributed by atoms with E-state index in [1.54, 1.807) is 6.20 Å². The molecule has 1 aliphatic heterocycles. The topological polar surface area (TPSA) is 59.2 Å². The number of nitrogens with zero attached hydrogens (tertiary/aromatic N) is 1. The molecular weight excluding hydrogens is 242 g/mol. The van der Waals surface area contributed by atoms with Crippen molar-refractivity contribution < 1.29 is 9.47 Å². The van der Waals surface area contributed by atoms with Crippen LogP contribution in [-0.2, 0) is 13.1 Å². The van der Waals surface area contributed by atoms with Crippen molar-refractivity contribution in [2.75, 3.05) is 13.2 Å². The minimum atomic E-state index is 0.713. The van der Waals surface area contributed by atoms with Gasteiger partial charge in [0.15, 0.2) is 11.5 Å². The van der Waals surface area contributed by atoms with Gasteiger partial charge < -0.3 is 14.8 Å². The molecule has 0 unspecified atom stereocenters. The first kappa shape index (κ1) is 12.0. The maximum atomic E-state index is 5.78. The Morgan fingerprint density at radius 2 is 2.11 bits per heavy atom. The van der Waals surface area contributed by atoms with Gasteiger partial charge in [-0.3, -0.25) is 5.10 Å². The lowest BCUT2D eigenvalue weighted by Crippen LogP contribution is -2.14. The van der Waals surface area contributed by atoms with Crippen molar-refractivity contribution >= 4 is 0 Å². The number of nitrogens with one attached hydrogen (secondary N) is 2. The number of fused-ring (bicyclic) bond motifs is 1. The third-order valence-corrected chi connectivity index (χ3v) is 3.04. The highest BCUT2D eigenvalue weighted by atomic mass is 16.5. The third kappa shape index (κ3) is 2.88. The lowest BCUT2D eigenvalue weighted by atomic mass is 10.2. The number of para-hydroxylation sites is 1. The smallest absolute Gasteiger partial charge is 0.165 e. The van der Waals surface area contributed by atoms with Gasteiger partial charge in [0.2, 0.25) is 0 Å². The summed E-state index contributed by atoms with van der Waals surface area (Å²) in [4.78, 5) is 0. The fourth-order valence-corrected chi connectivity index (χ4v) is 2.11. The maximum Gasteiger partial charge on any atom is 0.165 e. The number of aromatic nitrogens is 2. The predicted molar refractivity (Wildman–Crippen MR) is 71.2 cm³/mol. The van der Waals surface area contributed by atoms with E-state index in [2.05, 4.69) is 21.6 Å². The Bertz CT molecular complexity index is 525. The molecule has 0 saturated carbocycles. The van der Waals surface area contributed by atoms with E-state index in [0.29, 0.717) is 6.61 Å². The van der Waals surface area contributed by atoms with Crippen LogP contribution in [0.25, 0.3) is 0 Å². The summed E-state index contributed by atoms with van der Waals surface area (Å²) in [6.45, 7) is 2.93. The molecule has 1 aliphatic rings. The molecule has 0 amide bonds. The quantitative estimate of drug-likeness (QED) is 0.880. The molecule has 1 aromatic carbocycles. The van der Waals surface area contributed by atoms with Crippen molar-refractivity contribution in [1.82, 2.24) is 15.5 Å². The number of rotatable bonds is 4. The van der Waals surface area contributed by atoms with Gasteiger partial charge in [-0.2, -0.15) is 5.10 Å². The van der Waals surface area contributed by atoms with Crippen LogP contribution in [0.3, 0.4) is 0 Å². The van der Waals surface area contributed by atoms with Gasteiger partial charge in [-0.05, 0) is 12.1 Å². The molecule has 2 heterocycles. The highest BCUT2D eigenvalue weighted by Crippen LogP contribution is 2.33. The SMILES string of the molecule is c1cc(CNCc2ccn[nH]2)c2c(c1)OCCCO2. The summed E-state index contributed by atoms with van der Waals surface area (Å²) in [6.07, 6.45) is 2.68. The van der Waals surface area contributed by atoms with Gasteiger partial charge in [0.1, 0.15) is 0 Å². The Morgan fingerprint density at radius 3 is 3.00 bits per heavy atom. The average Bonchev–Trinajstić information content (AvgIpc) is 2.82. The number of H-pyrrole nitrogens is 1. The van der Waals surface area contributed by atoms with E-state index < -0.39 is 0 Å². The monoisotopic (exact) mass is 259 g/mol. The first-order valence-corrected chi connectivity index (χ1v) is 6.50. The molecular formula is C14H17N3O2. The van der Waals surface area contributed by atoms with Crippen molar-refractivity contribution in [3.05, 3.63) is 41.7 Å². The van der Waals surface area contributed by atoms with Crippen LogP contribution < -0.4 is 14.8 Å². The molecule has 0 fully saturated rings. The Morgan fingerprint density at radius 1 is 1.16 bits per heavy atom. The summed E-state index contributed by atoms with van der Waals surface area (Å²) in [5, 5.41) is 10.2. The minimum absolute atomic E-state index is 0.713. The zero-order chi connectivity index (χ0) is 12.9. The second-order valence-corrected chi connectivity index (χ2v) is 4.48. The van der Waals surface area contributed by atoms with Gasteiger partial charge >= 0.3 is 0 Å². The third-order valence-electron chi connectivity index (χ3n) is 3.04. The molecule has 1 aromatic heterocycles. The normalized spacial score (nSPS) is 14.1. The fourth-order valence-electron chi connectivity index (χ4n) is 2.11. The lowest BCUT2D eigenvalue weighted by molar-refractivity contribution is 0.296. The van der Waals surface area contributed by atoms with Crippen molar-refractivity contribution in [3.63, 3.8) is 0 Å². The zero-order valence-corrected chi connectivity index (χ0v) is 10.7. The Labute approximate surface area is 111 Å². The van der Waals surface area contributed by atoms with Crippen LogP contribution >= 0.6 is 0 Å². The summed E-state index contributed by atoms with van der Waals surface area (Å²) >= 11 is 0. The summed E-state index contributed by atoms with van der Waals surface area (Å²) in [5.41, 5.74) is 2.19. The number of hydrogen-bond acceptors (Lipinski definition) is 4. The first-order chi connectivity index (χ1) is 9.43. The van der Waals surface area contributed by atoms with Crippen LogP contribution in [0.4, 0.5) is 0 Å². The molecule has 0 aliphatic carbocycles. The molecule has 5 nitrogen and oxygen atoms in total. The van der Waals surface area contributed by atoms with Crippen molar-refractivity contribution in [2.45, 2.75) is 19.5 Å². The van der Waals surface area contributed by atoms with E-state index in [1.807, 2.05) is 18.2 Å². The largest absolute Gasteiger partial charge is 0.490 e. The number of hydrogen-bond donors (Lipinski definition) is 2. The van der Waals surface area contributed by atoms with Crippen LogP contribution in [0.2, 0.25) is 0 Å². The zero-order valence-electron chi connectivity index (χ0n) is 10.7. The number of benzene rings is 1. The number of ether oxygens (including phenoxy) is 2. The van der Waals surface area contributed by atoms with E-state index >= 15 is 0 Å². The summed E-state index contributed by atoms with van der Waals surface area (Å²) in [5.74, 6) is 1.72. The second kappa shape index (κ2) is 5.75. The maximum absolute atomic E-state index is 5.78. The second-order valence-electron chi connectivity index (χ2n) is 4.48. The molecule has 0 spiro atoms. The van der Waals surface area contributed by atoms with Crippen molar-refractivity contribution in [1.29, 1.82) is 0 Å². The fraction of sp³-hybridized carbons (Fsp3) is 0.357. The molecule has 0 saturated heterocycles. The van der Waals surface area contributed by atoms with E-state index in [-0.39, 0.29) is 0 Å². The van der Waals surface area contributed by atoms with Gasteiger partial charge in [-0.15, -0.1) is 0 Å². The van der Waals surface area contributed by atoms with E-state index in [0.717, 1.165) is 48.9 Å². The molecule has 2 N–H and O–H groups in total. The molecule has 0 radical (unpaired) electrons. The molecule has 19 heavy (non-hydrogen) atoms. The summed E-state index contributed by atoms with van der Waals surface area (Å²) in [6, 6.07) is 7.98. The van der Waals surface area contributed by atoms with E-state index in [1.165, 1.54) is 0 Å². The van der Waals surface area contributed by atoms with Crippen LogP contribution in [0, 0.1) is 0 Å². The van der Waals surface area contributed by atoms with Crippen LogP contribution in [0.5, 0.6) is 11.5 Å². The molecule has 100 valence electrons. The highest BCUT2D eigenvalue weighted by molar-refractivity contribution is 5.47. The Hall–Kier alpha value is -2.01. The molecule has 2 aromatic rings. The Balaban J connectivity index is 1.67. The molecule has 0 atom stereocenters. The summed E-state index contributed by atoms with van der Waals surface area (Å²) < 4.78 is 11.5. The standard InChI is InChI=1S/C14H17N3O2/c1-3-11(9-15-10-12-5-6-16-17-12)14-13(4-1)18-7-2-8-19-14/h1,3-6,15H,2,7-10H2,(H,16,17). The van der Waals surface area contributed by atoms with Gasteiger partial charge in [-0.25, -0.2) is 0 Å². The number of aromatic amines is 1. The van der Waals surface area contributed by atoms with E-state index in [4.69, 9.17) is 9.47 Å². The van der Waals surface area contributed by atoms with Crippen LogP contribution in [0.1, 0.15) is 17.7 Å². The first-order valence-electron chi connectivity index (χ1n) is 6.50. The Kier molecular flexibility index (Phi) is 3.65. The van der Waals surface area contributed by atoms with Gasteiger partial charge in [0, 0.05) is 37.0 Å². The van der Waals surface area contributed by atoms with Gasteiger partial charge in [0.05, 0.1) is 13.2 Å². The van der Waals surface area contributed by atoms with Crippen LogP contribution in [-0.4, -0.2) is 23.4 Å². The van der Waals surface area contributed by atoms with Gasteiger partial charge in [0.25, 0.3) is 0 Å². The van der Waals surface area contributed by atoms with Crippen LogP contribution in [0.15, 0.2) is 30.5 Å². The summed E-state index contributed by atoms with van der Waals surface area (Å²) in [7, 11) is 0. The molecule has 5 heteroatoms. The van der Waals surface area contributed by atoms with Crippen molar-refractivity contribution in [3.8, 4) is 11.5 Å². The lowest BCUT2D eigenvalue weighted by Gasteiger charge is -2.12. The molecule has 3 rings (SSSR count). The highest BCUT2D eigenvalue weighted by Gasteiger charge is 2.13. The predicted octanol–water partition coefficient (Wildman–Crippen LogP) is 1.86.